The number of allylic oxidation sites excluding steroid dienone is 1. The van der Waals surface area contributed by atoms with Crippen molar-refractivity contribution in [1.29, 1.82) is 0 Å². The maximum absolute atomic E-state index is 13.2. The minimum atomic E-state index is -1.02. The van der Waals surface area contributed by atoms with Gasteiger partial charge in [0, 0.05) is 11.1 Å². The molecule has 1 fully saturated rings. The molecule has 4 heterocycles. The molecule has 0 aromatic carbocycles. The lowest BCUT2D eigenvalue weighted by Gasteiger charge is -2.49. The summed E-state index contributed by atoms with van der Waals surface area (Å²) in [7, 11) is 0. The Bertz CT molecular complexity index is 1380. The van der Waals surface area contributed by atoms with Gasteiger partial charge in [0.05, 0.1) is 16.5 Å². The second-order valence-electron chi connectivity index (χ2n) is 9.14. The number of oxime groups is 1. The molecule has 2 aliphatic rings. The molecular formula is C22H23N7O7S3. The van der Waals surface area contributed by atoms with Gasteiger partial charge in [-0.25, -0.2) is 9.78 Å². The van der Waals surface area contributed by atoms with Crippen molar-refractivity contribution in [3.63, 3.8) is 0 Å². The maximum Gasteiger partial charge on any atom is 0.358 e. The summed E-state index contributed by atoms with van der Waals surface area (Å²) >= 11 is 3.51. The highest BCUT2D eigenvalue weighted by Gasteiger charge is 2.54. The van der Waals surface area contributed by atoms with Crippen LogP contribution in [-0.4, -0.2) is 78.1 Å². The van der Waals surface area contributed by atoms with Gasteiger partial charge in [-0.05, 0) is 44.0 Å². The van der Waals surface area contributed by atoms with Gasteiger partial charge in [-0.1, -0.05) is 15.7 Å². The van der Waals surface area contributed by atoms with E-state index < -0.39 is 53.1 Å². The van der Waals surface area contributed by atoms with Crippen molar-refractivity contribution in [3.8, 4) is 0 Å². The standard InChI is InChI=1S/C22H23N7O7S3/c1-22(2,3)20(33)36-9-35-19(32)15-10(4-5-11-6-24-28-39-11)7-37-18-14(17(31)29(15)18)26-16(30)13(27-34)12-8-38-21(23)25-12/h4-6,8,14,18,34H,7,9H2,1-3H3,(H2,23,25)(H,26,30)/b5-4+,27-13-/t14?,18-/m1/s1. The van der Waals surface area contributed by atoms with E-state index >= 15 is 0 Å². The van der Waals surface area contributed by atoms with Crippen molar-refractivity contribution in [2.24, 2.45) is 10.6 Å². The number of anilines is 1. The maximum atomic E-state index is 13.2. The predicted molar refractivity (Wildman–Crippen MR) is 142 cm³/mol. The molecular weight excluding hydrogens is 570 g/mol. The number of nitrogen functional groups attached to an aromatic ring is 1. The van der Waals surface area contributed by atoms with Gasteiger partial charge >= 0.3 is 11.9 Å². The first-order valence-corrected chi connectivity index (χ1v) is 13.9. The molecule has 4 N–H and O–H groups in total. The number of ether oxygens (including phenoxy) is 2. The Labute approximate surface area is 234 Å². The Hall–Kier alpha value is -3.83. The number of hydrogen-bond acceptors (Lipinski definition) is 15. The minimum Gasteiger partial charge on any atom is -0.427 e. The first-order chi connectivity index (χ1) is 18.5. The fourth-order valence-corrected chi connectivity index (χ4v) is 5.71. The summed E-state index contributed by atoms with van der Waals surface area (Å²) in [6.07, 6.45) is 4.89. The molecule has 0 bridgehead atoms. The van der Waals surface area contributed by atoms with Crippen LogP contribution in [0, 0.1) is 5.41 Å². The fourth-order valence-electron chi connectivity index (χ4n) is 3.43. The smallest absolute Gasteiger partial charge is 0.358 e. The van der Waals surface area contributed by atoms with Crippen LogP contribution in [0.5, 0.6) is 0 Å². The topological polar surface area (TPSA) is 199 Å². The van der Waals surface area contributed by atoms with E-state index in [0.29, 0.717) is 11.3 Å². The number of nitrogens with one attached hydrogen (secondary N) is 1. The van der Waals surface area contributed by atoms with Crippen molar-refractivity contribution in [2.75, 3.05) is 18.3 Å². The van der Waals surface area contributed by atoms with Crippen LogP contribution in [0.4, 0.5) is 5.13 Å². The molecule has 1 unspecified atom stereocenters. The summed E-state index contributed by atoms with van der Waals surface area (Å²) in [5.74, 6) is -2.58. The van der Waals surface area contributed by atoms with Crippen molar-refractivity contribution in [2.45, 2.75) is 32.2 Å². The summed E-state index contributed by atoms with van der Waals surface area (Å²) in [6, 6.07) is -1.02. The number of hydrogen-bond donors (Lipinski definition) is 3. The average Bonchev–Trinajstić information content (AvgIpc) is 3.57. The second kappa shape index (κ2) is 11.5. The van der Waals surface area contributed by atoms with Crippen LogP contribution in [0.15, 0.2) is 34.1 Å². The molecule has 2 atom stereocenters. The van der Waals surface area contributed by atoms with Crippen LogP contribution < -0.4 is 11.1 Å². The van der Waals surface area contributed by atoms with Gasteiger partial charge in [0.2, 0.25) is 6.79 Å². The highest BCUT2D eigenvalue weighted by atomic mass is 32.2. The molecule has 206 valence electrons. The summed E-state index contributed by atoms with van der Waals surface area (Å²) in [5.41, 5.74) is 4.87. The van der Waals surface area contributed by atoms with Gasteiger partial charge < -0.3 is 25.7 Å². The number of nitrogens with zero attached hydrogens (tertiary/aromatic N) is 5. The molecule has 0 radical (unpaired) electrons. The van der Waals surface area contributed by atoms with Gasteiger partial charge in [-0.15, -0.1) is 28.2 Å². The van der Waals surface area contributed by atoms with Crippen molar-refractivity contribution >= 4 is 75.3 Å². The molecule has 2 aliphatic heterocycles. The first-order valence-electron chi connectivity index (χ1n) is 11.2. The monoisotopic (exact) mass is 593 g/mol. The van der Waals surface area contributed by atoms with E-state index in [1.807, 2.05) is 0 Å². The van der Waals surface area contributed by atoms with Gasteiger partial charge in [0.25, 0.3) is 11.8 Å². The number of carbonyl (C=O) groups excluding carboxylic acids is 4. The van der Waals surface area contributed by atoms with Gasteiger partial charge in [0.15, 0.2) is 10.8 Å². The summed E-state index contributed by atoms with van der Waals surface area (Å²) in [5, 5.41) is 19.6. The largest absolute Gasteiger partial charge is 0.427 e. The van der Waals surface area contributed by atoms with Gasteiger partial charge in [-0.3, -0.25) is 19.3 Å². The number of nitrogens with two attached hydrogens (primary N) is 1. The lowest BCUT2D eigenvalue weighted by Crippen LogP contribution is -2.71. The molecule has 2 amide bonds. The van der Waals surface area contributed by atoms with E-state index in [1.54, 1.807) is 39.1 Å². The zero-order valence-corrected chi connectivity index (χ0v) is 23.3. The Morgan fingerprint density at radius 3 is 2.69 bits per heavy atom. The Morgan fingerprint density at radius 2 is 2.08 bits per heavy atom. The summed E-state index contributed by atoms with van der Waals surface area (Å²) < 4.78 is 14.0. The van der Waals surface area contributed by atoms with Crippen LogP contribution in [0.25, 0.3) is 6.08 Å². The number of β-lactam (4-membered cyclic amide) rings is 1. The van der Waals surface area contributed by atoms with Gasteiger partial charge in [-0.2, -0.15) is 0 Å². The SMILES string of the molecule is CC(C)(C)C(=O)OCOC(=O)C1=C(/C=C/c2cnns2)CS[C@@H]2C(NC(=O)/C(=N\O)c3csc(N)n3)C(=O)N12. The molecule has 0 spiro atoms. The average molecular weight is 594 g/mol. The predicted octanol–water partition coefficient (Wildman–Crippen LogP) is 1.21. The number of fused-ring (bicyclic) bond motifs is 1. The molecule has 4 rings (SSSR count). The van der Waals surface area contributed by atoms with E-state index in [2.05, 4.69) is 25.0 Å². The summed E-state index contributed by atoms with van der Waals surface area (Å²) in [4.78, 5) is 57.0. The molecule has 0 aliphatic carbocycles. The number of carbonyl (C=O) groups is 4. The number of thiazole rings is 1. The van der Waals surface area contributed by atoms with E-state index in [0.717, 1.165) is 27.7 Å². The zero-order valence-electron chi connectivity index (χ0n) is 20.8. The number of amides is 2. The van der Waals surface area contributed by atoms with Gasteiger partial charge in [0.1, 0.15) is 22.8 Å². The zero-order chi connectivity index (χ0) is 28.3. The third-order valence-corrected chi connectivity index (χ3v) is 7.98. The van der Waals surface area contributed by atoms with Crippen molar-refractivity contribution in [3.05, 3.63) is 39.5 Å². The molecule has 14 nitrogen and oxygen atoms in total. The number of aromatic nitrogens is 3. The second-order valence-corrected chi connectivity index (χ2v) is 12.0. The van der Waals surface area contributed by atoms with E-state index in [4.69, 9.17) is 15.2 Å². The molecule has 17 heteroatoms. The normalized spacial score (nSPS) is 19.5. The third-order valence-electron chi connectivity index (χ3n) is 5.38. The van der Waals surface area contributed by atoms with Crippen molar-refractivity contribution < 1.29 is 33.9 Å². The third kappa shape index (κ3) is 6.10. The van der Waals surface area contributed by atoms with E-state index in [1.165, 1.54) is 22.0 Å². The quantitative estimate of drug-likeness (QED) is 0.0988. The molecule has 2 aromatic heterocycles. The Kier molecular flexibility index (Phi) is 8.31. The summed E-state index contributed by atoms with van der Waals surface area (Å²) in [6.45, 7) is 4.33. The fraction of sp³-hybridized carbons (Fsp3) is 0.364. The molecule has 0 saturated carbocycles. The van der Waals surface area contributed by atoms with Crippen LogP contribution in [0.1, 0.15) is 31.3 Å². The molecule has 2 aromatic rings. The van der Waals surface area contributed by atoms with E-state index in [-0.39, 0.29) is 16.5 Å². The Balaban J connectivity index is 1.52. The Morgan fingerprint density at radius 1 is 1.31 bits per heavy atom. The van der Waals surface area contributed by atoms with Crippen LogP contribution in [0.2, 0.25) is 0 Å². The van der Waals surface area contributed by atoms with Crippen molar-refractivity contribution in [1.82, 2.24) is 24.8 Å². The number of rotatable bonds is 8. The highest BCUT2D eigenvalue weighted by molar-refractivity contribution is 8.00. The van der Waals surface area contributed by atoms with Crippen LogP contribution >= 0.6 is 34.6 Å². The number of thioether (sulfide) groups is 1. The molecule has 39 heavy (non-hydrogen) atoms. The lowest BCUT2D eigenvalue weighted by atomic mass is 9.98. The highest BCUT2D eigenvalue weighted by Crippen LogP contribution is 2.41. The first kappa shape index (κ1) is 28.2. The molecule has 1 saturated heterocycles. The lowest BCUT2D eigenvalue weighted by molar-refractivity contribution is -0.173. The van der Waals surface area contributed by atoms with Crippen LogP contribution in [-0.2, 0) is 28.7 Å². The minimum absolute atomic E-state index is 0.0434. The van der Waals surface area contributed by atoms with E-state index in [9.17, 15) is 24.4 Å². The number of esters is 2. The van der Waals surface area contributed by atoms with Crippen LogP contribution in [0.3, 0.4) is 0 Å².